The van der Waals surface area contributed by atoms with Crippen molar-refractivity contribution in [2.75, 3.05) is 12.3 Å². The number of imide groups is 1. The van der Waals surface area contributed by atoms with Gasteiger partial charge in [0.25, 0.3) is 5.91 Å². The first kappa shape index (κ1) is 15.8. The van der Waals surface area contributed by atoms with Gasteiger partial charge in [0.15, 0.2) is 5.65 Å². The van der Waals surface area contributed by atoms with Crippen LogP contribution in [0.2, 0.25) is 0 Å². The molecule has 2 aliphatic rings. The highest BCUT2D eigenvalue weighted by Gasteiger charge is 2.43. The van der Waals surface area contributed by atoms with Crippen LogP contribution in [-0.4, -0.2) is 53.8 Å². The number of nitrogen functional groups attached to an aromatic ring is 1. The quantitative estimate of drug-likeness (QED) is 0.637. The molecule has 3 N–H and O–H groups in total. The Hall–Kier alpha value is -3.43. The third-order valence-electron chi connectivity index (χ3n) is 5.33. The zero-order valence-electron chi connectivity index (χ0n) is 14.7. The van der Waals surface area contributed by atoms with Gasteiger partial charge in [-0.25, -0.2) is 9.78 Å². The maximum atomic E-state index is 12.0. The highest BCUT2D eigenvalue weighted by molar-refractivity contribution is 6.04. The SMILES string of the molecule is Cn1cc(-c2cnn3c(N)cc(C4CCC5C(=O)NC(=O)N5C4)nc23)cn1. The van der Waals surface area contributed by atoms with Crippen LogP contribution in [0.3, 0.4) is 0 Å². The molecule has 0 aromatic carbocycles. The van der Waals surface area contributed by atoms with Crippen LogP contribution in [0, 0.1) is 0 Å². The van der Waals surface area contributed by atoms with Crippen LogP contribution in [0.25, 0.3) is 16.8 Å². The van der Waals surface area contributed by atoms with Crippen molar-refractivity contribution in [1.29, 1.82) is 0 Å². The van der Waals surface area contributed by atoms with E-state index in [0.717, 1.165) is 23.2 Å². The zero-order chi connectivity index (χ0) is 18.7. The molecule has 0 bridgehead atoms. The number of hydrogen-bond acceptors (Lipinski definition) is 6. The Labute approximate surface area is 154 Å². The number of nitrogens with two attached hydrogens (primary N) is 1. The second-order valence-electron chi connectivity index (χ2n) is 7.04. The van der Waals surface area contributed by atoms with Crippen LogP contribution in [0.4, 0.5) is 10.6 Å². The average molecular weight is 366 g/mol. The molecule has 2 saturated heterocycles. The number of aromatic nitrogens is 5. The molecule has 2 aliphatic heterocycles. The van der Waals surface area contributed by atoms with Gasteiger partial charge in [0, 0.05) is 42.9 Å². The number of aryl methyl sites for hydroxylation is 1. The summed E-state index contributed by atoms with van der Waals surface area (Å²) in [5, 5.41) is 10.9. The molecule has 138 valence electrons. The molecule has 27 heavy (non-hydrogen) atoms. The normalized spacial score (nSPS) is 22.3. The van der Waals surface area contributed by atoms with E-state index in [4.69, 9.17) is 10.7 Å². The molecule has 5 heterocycles. The van der Waals surface area contributed by atoms with E-state index in [9.17, 15) is 9.59 Å². The summed E-state index contributed by atoms with van der Waals surface area (Å²) < 4.78 is 3.32. The van der Waals surface area contributed by atoms with Gasteiger partial charge >= 0.3 is 6.03 Å². The molecule has 3 aromatic heterocycles. The van der Waals surface area contributed by atoms with E-state index >= 15 is 0 Å². The second kappa shape index (κ2) is 5.53. The molecule has 0 spiro atoms. The Balaban J connectivity index is 1.54. The highest BCUT2D eigenvalue weighted by atomic mass is 16.2. The number of carbonyl (C=O) groups is 2. The number of fused-ring (bicyclic) bond motifs is 2. The van der Waals surface area contributed by atoms with Gasteiger partial charge in [0.05, 0.1) is 18.1 Å². The van der Waals surface area contributed by atoms with Gasteiger partial charge < -0.3 is 10.6 Å². The zero-order valence-corrected chi connectivity index (χ0v) is 14.7. The van der Waals surface area contributed by atoms with Crippen molar-refractivity contribution < 1.29 is 9.59 Å². The Kier molecular flexibility index (Phi) is 3.24. The number of anilines is 1. The molecule has 3 amide bonds. The van der Waals surface area contributed by atoms with E-state index in [-0.39, 0.29) is 23.9 Å². The molecular formula is C17H18N8O2. The van der Waals surface area contributed by atoms with Crippen molar-refractivity contribution in [3.05, 3.63) is 30.4 Å². The Morgan fingerprint density at radius 2 is 2.07 bits per heavy atom. The summed E-state index contributed by atoms with van der Waals surface area (Å²) in [7, 11) is 1.85. The maximum absolute atomic E-state index is 12.0. The van der Waals surface area contributed by atoms with Gasteiger partial charge in [-0.2, -0.15) is 14.7 Å². The number of piperidine rings is 1. The van der Waals surface area contributed by atoms with Crippen LogP contribution in [0.15, 0.2) is 24.7 Å². The molecule has 2 atom stereocenters. The van der Waals surface area contributed by atoms with E-state index in [1.807, 2.05) is 13.2 Å². The smallest absolute Gasteiger partial charge is 0.324 e. The second-order valence-corrected chi connectivity index (χ2v) is 7.04. The van der Waals surface area contributed by atoms with E-state index in [0.29, 0.717) is 24.4 Å². The van der Waals surface area contributed by atoms with Gasteiger partial charge in [-0.3, -0.25) is 14.8 Å². The van der Waals surface area contributed by atoms with E-state index in [1.165, 1.54) is 0 Å². The van der Waals surface area contributed by atoms with E-state index < -0.39 is 0 Å². The topological polar surface area (TPSA) is 123 Å². The predicted octanol–water partition coefficient (Wildman–Crippen LogP) is 0.510. The van der Waals surface area contributed by atoms with Crippen molar-refractivity contribution in [2.24, 2.45) is 7.05 Å². The average Bonchev–Trinajstić information content (AvgIpc) is 3.33. The summed E-state index contributed by atoms with van der Waals surface area (Å²) in [6.45, 7) is 0.446. The van der Waals surface area contributed by atoms with Crippen LogP contribution < -0.4 is 11.1 Å². The lowest BCUT2D eigenvalue weighted by Crippen LogP contribution is -2.42. The van der Waals surface area contributed by atoms with E-state index in [1.54, 1.807) is 32.6 Å². The monoisotopic (exact) mass is 366 g/mol. The number of nitrogens with zero attached hydrogens (tertiary/aromatic N) is 6. The number of amides is 3. The summed E-state index contributed by atoms with van der Waals surface area (Å²) in [6.07, 6.45) is 6.76. The minimum absolute atomic E-state index is 0.0156. The van der Waals surface area contributed by atoms with Crippen molar-refractivity contribution in [2.45, 2.75) is 24.8 Å². The summed E-state index contributed by atoms with van der Waals surface area (Å²) >= 11 is 0. The summed E-state index contributed by atoms with van der Waals surface area (Å²) in [6, 6.07) is 1.10. The standard InChI is InChI=1S/C17H18N8O2/c1-23-7-10(5-19-23)11-6-20-25-14(18)4-12(21-15(11)25)9-2-3-13-16(26)22-17(27)24(13)8-9/h4-7,9,13H,2-3,8,18H2,1H3,(H,22,26,27). The molecule has 0 radical (unpaired) electrons. The molecule has 10 heteroatoms. The number of rotatable bonds is 2. The van der Waals surface area contributed by atoms with Crippen molar-refractivity contribution >= 4 is 23.4 Å². The molecule has 5 rings (SSSR count). The lowest BCUT2D eigenvalue weighted by molar-refractivity contribution is -0.122. The fraction of sp³-hybridized carbons (Fsp3) is 0.353. The van der Waals surface area contributed by atoms with Gasteiger partial charge in [0.2, 0.25) is 0 Å². The maximum Gasteiger partial charge on any atom is 0.324 e. The molecule has 2 unspecified atom stereocenters. The first-order chi connectivity index (χ1) is 13.0. The number of carbonyl (C=O) groups excluding carboxylic acids is 2. The first-order valence-corrected chi connectivity index (χ1v) is 8.76. The van der Waals surface area contributed by atoms with Gasteiger partial charge in [-0.05, 0) is 12.8 Å². The number of urea groups is 1. The Bertz CT molecular complexity index is 1080. The molecule has 2 fully saturated rings. The largest absolute Gasteiger partial charge is 0.384 e. The van der Waals surface area contributed by atoms with Gasteiger partial charge in [-0.1, -0.05) is 0 Å². The highest BCUT2D eigenvalue weighted by Crippen LogP contribution is 2.33. The fourth-order valence-corrected chi connectivity index (χ4v) is 3.95. The molecular weight excluding hydrogens is 348 g/mol. The first-order valence-electron chi connectivity index (χ1n) is 8.76. The van der Waals surface area contributed by atoms with Gasteiger partial charge in [-0.15, -0.1) is 0 Å². The van der Waals surface area contributed by atoms with E-state index in [2.05, 4.69) is 15.5 Å². The van der Waals surface area contributed by atoms with Crippen molar-refractivity contribution in [3.8, 4) is 11.1 Å². The van der Waals surface area contributed by atoms with Crippen LogP contribution in [-0.2, 0) is 11.8 Å². The third-order valence-corrected chi connectivity index (χ3v) is 5.33. The molecule has 0 saturated carbocycles. The summed E-state index contributed by atoms with van der Waals surface area (Å²) in [5.74, 6) is 0.284. The lowest BCUT2D eigenvalue weighted by atomic mass is 9.90. The molecule has 10 nitrogen and oxygen atoms in total. The minimum Gasteiger partial charge on any atom is -0.384 e. The van der Waals surface area contributed by atoms with Gasteiger partial charge in [0.1, 0.15) is 11.9 Å². The predicted molar refractivity (Wildman–Crippen MR) is 95.6 cm³/mol. The van der Waals surface area contributed by atoms with Crippen molar-refractivity contribution in [1.82, 2.24) is 34.6 Å². The number of hydrogen-bond donors (Lipinski definition) is 2. The third kappa shape index (κ3) is 2.36. The summed E-state index contributed by atoms with van der Waals surface area (Å²) in [5.41, 5.74) is 9.42. The van der Waals surface area contributed by atoms with Crippen LogP contribution in [0.5, 0.6) is 0 Å². The Morgan fingerprint density at radius 3 is 2.85 bits per heavy atom. The minimum atomic E-state index is -0.365. The van der Waals surface area contributed by atoms with Crippen LogP contribution >= 0.6 is 0 Å². The fourth-order valence-electron chi connectivity index (χ4n) is 3.95. The number of nitrogens with one attached hydrogen (secondary N) is 1. The Morgan fingerprint density at radius 1 is 1.22 bits per heavy atom. The molecule has 3 aromatic rings. The van der Waals surface area contributed by atoms with Crippen molar-refractivity contribution in [3.63, 3.8) is 0 Å². The summed E-state index contributed by atoms with van der Waals surface area (Å²) in [4.78, 5) is 30.2. The molecule has 0 aliphatic carbocycles. The van der Waals surface area contributed by atoms with Crippen LogP contribution in [0.1, 0.15) is 24.5 Å². The lowest BCUT2D eigenvalue weighted by Gasteiger charge is -2.32.